The Kier molecular flexibility index (Phi) is 5.09. The number of carbonyl (C=O) groups is 2. The van der Waals surface area contributed by atoms with Gasteiger partial charge in [0.1, 0.15) is 0 Å². The molecular formula is C21H22N2O3S. The van der Waals surface area contributed by atoms with Crippen LogP contribution in [0.5, 0.6) is 0 Å². The fourth-order valence-electron chi connectivity index (χ4n) is 3.74. The van der Waals surface area contributed by atoms with E-state index < -0.39 is 6.10 Å². The van der Waals surface area contributed by atoms with Gasteiger partial charge >= 0.3 is 0 Å². The Hall–Kier alpha value is -2.44. The maximum Gasteiger partial charge on any atom is 0.254 e. The lowest BCUT2D eigenvalue weighted by Gasteiger charge is -2.22. The largest absolute Gasteiger partial charge is 0.389 e. The summed E-state index contributed by atoms with van der Waals surface area (Å²) in [6.45, 7) is 1.42. The lowest BCUT2D eigenvalue weighted by Crippen LogP contribution is -2.37. The lowest BCUT2D eigenvalue weighted by molar-refractivity contribution is -0.131. The molecule has 1 aliphatic carbocycles. The molecule has 1 atom stereocenters. The zero-order valence-corrected chi connectivity index (χ0v) is 15.8. The molecule has 0 bridgehead atoms. The van der Waals surface area contributed by atoms with E-state index in [1.165, 1.54) is 22.5 Å². The first kappa shape index (κ1) is 17.9. The first-order valence-corrected chi connectivity index (χ1v) is 10.1. The summed E-state index contributed by atoms with van der Waals surface area (Å²) < 4.78 is 0. The average molecular weight is 382 g/mol. The van der Waals surface area contributed by atoms with Crippen LogP contribution in [0.25, 0.3) is 6.08 Å². The van der Waals surface area contributed by atoms with E-state index in [0.717, 1.165) is 12.0 Å². The Balaban J connectivity index is 1.38. The van der Waals surface area contributed by atoms with Gasteiger partial charge in [-0.3, -0.25) is 9.59 Å². The monoisotopic (exact) mass is 382 g/mol. The molecule has 1 aliphatic heterocycles. The normalized spacial score (nSPS) is 19.4. The van der Waals surface area contributed by atoms with Gasteiger partial charge in [0.05, 0.1) is 11.7 Å². The molecule has 0 saturated carbocycles. The summed E-state index contributed by atoms with van der Waals surface area (Å²) >= 11 is 1.48. The van der Waals surface area contributed by atoms with Crippen molar-refractivity contribution in [3.05, 3.63) is 63.4 Å². The van der Waals surface area contributed by atoms with Crippen molar-refractivity contribution in [3.8, 4) is 0 Å². The van der Waals surface area contributed by atoms with E-state index in [1.807, 2.05) is 22.9 Å². The quantitative estimate of drug-likeness (QED) is 0.887. The number of β-amino-alcohol motifs (C(OH)–C–C–N with tert-alkyl or cyclic N) is 1. The number of hydrogen-bond donors (Lipinski definition) is 1. The van der Waals surface area contributed by atoms with Gasteiger partial charge in [-0.05, 0) is 29.0 Å². The topological polar surface area (TPSA) is 60.9 Å². The van der Waals surface area contributed by atoms with Gasteiger partial charge in [-0.25, -0.2) is 0 Å². The molecule has 0 radical (unpaired) electrons. The predicted molar refractivity (Wildman–Crippen MR) is 106 cm³/mol. The summed E-state index contributed by atoms with van der Waals surface area (Å²) in [7, 11) is 0. The standard InChI is InChI=1S/C21H22N2O3S/c24-19-12-22(6-7-23(13-19)21(26)18-5-8-27-14-18)20(25)11-15-9-16-3-1-2-4-17(16)10-15/h1-5,8-9,14,19,24H,6-7,10-13H2. The van der Waals surface area contributed by atoms with Gasteiger partial charge in [-0.2, -0.15) is 11.3 Å². The van der Waals surface area contributed by atoms with Crippen molar-refractivity contribution in [2.45, 2.75) is 18.9 Å². The van der Waals surface area contributed by atoms with Crippen LogP contribution in [-0.4, -0.2) is 59.0 Å². The zero-order chi connectivity index (χ0) is 18.8. The summed E-state index contributed by atoms with van der Waals surface area (Å²) in [6.07, 6.45) is 2.53. The number of fused-ring (bicyclic) bond motifs is 1. The molecular weight excluding hydrogens is 360 g/mol. The molecule has 2 aromatic rings. The van der Waals surface area contributed by atoms with Crippen molar-refractivity contribution in [2.75, 3.05) is 26.2 Å². The van der Waals surface area contributed by atoms with Crippen molar-refractivity contribution in [3.63, 3.8) is 0 Å². The number of rotatable bonds is 3. The third kappa shape index (κ3) is 3.96. The highest BCUT2D eigenvalue weighted by atomic mass is 32.1. The summed E-state index contributed by atoms with van der Waals surface area (Å²) in [4.78, 5) is 28.7. The van der Waals surface area contributed by atoms with Crippen LogP contribution in [-0.2, 0) is 11.2 Å². The van der Waals surface area contributed by atoms with E-state index in [2.05, 4.69) is 18.2 Å². The minimum absolute atomic E-state index is 0.0120. The molecule has 4 rings (SSSR count). The molecule has 2 amide bonds. The third-order valence-electron chi connectivity index (χ3n) is 5.12. The number of nitrogens with zero attached hydrogens (tertiary/aromatic N) is 2. The second kappa shape index (κ2) is 7.66. The van der Waals surface area contributed by atoms with Crippen LogP contribution in [0.3, 0.4) is 0 Å². The van der Waals surface area contributed by atoms with Crippen molar-refractivity contribution < 1.29 is 14.7 Å². The average Bonchev–Trinajstić information content (AvgIpc) is 3.28. The smallest absolute Gasteiger partial charge is 0.254 e. The highest BCUT2D eigenvalue weighted by Crippen LogP contribution is 2.27. The van der Waals surface area contributed by atoms with E-state index in [9.17, 15) is 14.7 Å². The van der Waals surface area contributed by atoms with Gasteiger partial charge in [-0.15, -0.1) is 0 Å². The molecule has 1 saturated heterocycles. The molecule has 27 heavy (non-hydrogen) atoms. The van der Waals surface area contributed by atoms with Crippen molar-refractivity contribution in [2.24, 2.45) is 0 Å². The van der Waals surface area contributed by atoms with Crippen molar-refractivity contribution >= 4 is 29.2 Å². The Morgan fingerprint density at radius 2 is 1.89 bits per heavy atom. The summed E-state index contributed by atoms with van der Waals surface area (Å²) in [6, 6.07) is 9.97. The lowest BCUT2D eigenvalue weighted by atomic mass is 10.1. The second-order valence-electron chi connectivity index (χ2n) is 7.11. The van der Waals surface area contributed by atoms with E-state index in [4.69, 9.17) is 0 Å². The first-order chi connectivity index (χ1) is 13.1. The summed E-state index contributed by atoms with van der Waals surface area (Å²) in [5.41, 5.74) is 4.18. The van der Waals surface area contributed by atoms with Crippen molar-refractivity contribution in [1.29, 1.82) is 0 Å². The molecule has 2 aliphatic rings. The van der Waals surface area contributed by atoms with E-state index in [0.29, 0.717) is 25.1 Å². The number of aliphatic hydroxyl groups excluding tert-OH is 1. The minimum Gasteiger partial charge on any atom is -0.389 e. The van der Waals surface area contributed by atoms with Gasteiger partial charge in [0.2, 0.25) is 5.91 Å². The molecule has 5 nitrogen and oxygen atoms in total. The van der Waals surface area contributed by atoms with Crippen LogP contribution >= 0.6 is 11.3 Å². The van der Waals surface area contributed by atoms with E-state index in [-0.39, 0.29) is 24.9 Å². The number of benzene rings is 1. The predicted octanol–water partition coefficient (Wildman–Crippen LogP) is 2.42. The van der Waals surface area contributed by atoms with Gasteiger partial charge < -0.3 is 14.9 Å². The molecule has 2 heterocycles. The SMILES string of the molecule is O=C(CC1=Cc2ccccc2C1)N1CCN(C(=O)c2ccsc2)CC(O)C1. The molecule has 1 aromatic heterocycles. The van der Waals surface area contributed by atoms with Gasteiger partial charge in [0.15, 0.2) is 0 Å². The van der Waals surface area contributed by atoms with Crippen LogP contribution in [0.2, 0.25) is 0 Å². The molecule has 1 aromatic carbocycles. The van der Waals surface area contributed by atoms with Gasteiger partial charge in [-0.1, -0.05) is 35.9 Å². The van der Waals surface area contributed by atoms with E-state index >= 15 is 0 Å². The Morgan fingerprint density at radius 3 is 2.67 bits per heavy atom. The minimum atomic E-state index is -0.728. The van der Waals surface area contributed by atoms with Crippen molar-refractivity contribution in [1.82, 2.24) is 9.80 Å². The molecule has 6 heteroatoms. The number of thiophene rings is 1. The highest BCUT2D eigenvalue weighted by molar-refractivity contribution is 7.08. The summed E-state index contributed by atoms with van der Waals surface area (Å²) in [5, 5.41) is 14.0. The zero-order valence-electron chi connectivity index (χ0n) is 15.0. The molecule has 0 spiro atoms. The van der Waals surface area contributed by atoms with Crippen LogP contribution in [0.1, 0.15) is 27.9 Å². The van der Waals surface area contributed by atoms with Gasteiger partial charge in [0.25, 0.3) is 5.91 Å². The molecule has 1 unspecified atom stereocenters. The fraction of sp³-hybridized carbons (Fsp3) is 0.333. The highest BCUT2D eigenvalue weighted by Gasteiger charge is 2.28. The number of hydrogen-bond acceptors (Lipinski definition) is 4. The van der Waals surface area contributed by atoms with E-state index in [1.54, 1.807) is 15.9 Å². The first-order valence-electron chi connectivity index (χ1n) is 9.15. The fourth-order valence-corrected chi connectivity index (χ4v) is 4.37. The number of amides is 2. The van der Waals surface area contributed by atoms with Crippen LogP contribution < -0.4 is 0 Å². The molecule has 140 valence electrons. The molecule has 1 N–H and O–H groups in total. The van der Waals surface area contributed by atoms with Gasteiger partial charge in [0, 0.05) is 38.0 Å². The number of carbonyl (C=O) groups excluding carboxylic acids is 2. The maximum atomic E-state index is 12.8. The Bertz CT molecular complexity index is 875. The Morgan fingerprint density at radius 1 is 1.11 bits per heavy atom. The third-order valence-corrected chi connectivity index (χ3v) is 5.80. The number of aliphatic hydroxyl groups is 1. The maximum absolute atomic E-state index is 12.8. The van der Waals surface area contributed by atoms with Crippen LogP contribution in [0, 0.1) is 0 Å². The second-order valence-corrected chi connectivity index (χ2v) is 7.89. The Labute approximate surface area is 162 Å². The summed E-state index contributed by atoms with van der Waals surface area (Å²) in [5.74, 6) is -0.0727. The van der Waals surface area contributed by atoms with Crippen LogP contribution in [0.4, 0.5) is 0 Å². The van der Waals surface area contributed by atoms with Crippen LogP contribution in [0.15, 0.2) is 46.7 Å². The molecule has 1 fully saturated rings.